The molecule has 2 N–H and O–H groups in total. The molecule has 0 aromatic carbocycles. The highest BCUT2D eigenvalue weighted by Crippen LogP contribution is 2.37. The largest absolute Gasteiger partial charge is 0.386 e. The Morgan fingerprint density at radius 2 is 2.16 bits per heavy atom. The number of anilines is 1. The van der Waals surface area contributed by atoms with Crippen LogP contribution in [0.25, 0.3) is 0 Å². The molecular formula is C13H21N3O2S. The molecule has 1 aliphatic rings. The molecule has 1 unspecified atom stereocenters. The molecule has 106 valence electrons. The fraction of sp³-hybridized carbons (Fsp3) is 0.615. The summed E-state index contributed by atoms with van der Waals surface area (Å²) in [5, 5.41) is 2.93. The predicted octanol–water partition coefficient (Wildman–Crippen LogP) is 1.98. The van der Waals surface area contributed by atoms with Crippen LogP contribution in [0.15, 0.2) is 23.4 Å². The van der Waals surface area contributed by atoms with Crippen molar-refractivity contribution in [2.45, 2.75) is 44.2 Å². The number of rotatable bonds is 4. The van der Waals surface area contributed by atoms with Gasteiger partial charge in [0, 0.05) is 19.3 Å². The lowest BCUT2D eigenvalue weighted by atomic mass is 9.92. The number of sulfonamides is 1. The van der Waals surface area contributed by atoms with Gasteiger partial charge < -0.3 is 5.32 Å². The van der Waals surface area contributed by atoms with Gasteiger partial charge >= 0.3 is 0 Å². The van der Waals surface area contributed by atoms with Gasteiger partial charge in [0.25, 0.3) is 10.0 Å². The summed E-state index contributed by atoms with van der Waals surface area (Å²) in [6.45, 7) is 4.34. The maximum atomic E-state index is 12.4. The van der Waals surface area contributed by atoms with E-state index in [0.29, 0.717) is 5.69 Å². The fourth-order valence-corrected chi connectivity index (χ4v) is 4.02. The molecule has 1 heterocycles. The highest BCUT2D eigenvalue weighted by atomic mass is 32.2. The number of aromatic nitrogens is 1. The van der Waals surface area contributed by atoms with Gasteiger partial charge in [0.2, 0.25) is 0 Å². The molecule has 1 atom stereocenters. The van der Waals surface area contributed by atoms with Crippen molar-refractivity contribution in [3.05, 3.63) is 18.3 Å². The fourth-order valence-electron chi connectivity index (χ4n) is 2.61. The Balaban J connectivity index is 2.19. The van der Waals surface area contributed by atoms with Gasteiger partial charge in [-0.1, -0.05) is 13.8 Å². The van der Waals surface area contributed by atoms with E-state index in [1.165, 1.54) is 6.20 Å². The molecule has 1 fully saturated rings. The van der Waals surface area contributed by atoms with Crippen LogP contribution in [0.1, 0.15) is 33.1 Å². The molecule has 1 aliphatic carbocycles. The predicted molar refractivity (Wildman–Crippen MR) is 75.5 cm³/mol. The Labute approximate surface area is 114 Å². The molecule has 0 spiro atoms. The molecule has 5 nitrogen and oxygen atoms in total. The van der Waals surface area contributed by atoms with Crippen LogP contribution < -0.4 is 10.0 Å². The van der Waals surface area contributed by atoms with Gasteiger partial charge in [0.15, 0.2) is 5.03 Å². The first kappa shape index (κ1) is 14.3. The number of nitrogens with zero attached hydrogens (tertiary/aromatic N) is 1. The van der Waals surface area contributed by atoms with Crippen molar-refractivity contribution in [2.75, 3.05) is 12.4 Å². The second kappa shape index (κ2) is 5.09. The van der Waals surface area contributed by atoms with Crippen molar-refractivity contribution in [1.82, 2.24) is 9.71 Å². The van der Waals surface area contributed by atoms with Crippen LogP contribution >= 0.6 is 0 Å². The van der Waals surface area contributed by atoms with Gasteiger partial charge in [0.05, 0.1) is 5.69 Å². The minimum atomic E-state index is -3.56. The lowest BCUT2D eigenvalue weighted by Gasteiger charge is -2.18. The van der Waals surface area contributed by atoms with Gasteiger partial charge in [-0.2, -0.15) is 0 Å². The van der Waals surface area contributed by atoms with E-state index in [0.717, 1.165) is 19.3 Å². The van der Waals surface area contributed by atoms with Crippen molar-refractivity contribution in [3.8, 4) is 0 Å². The van der Waals surface area contributed by atoms with E-state index in [9.17, 15) is 8.42 Å². The summed E-state index contributed by atoms with van der Waals surface area (Å²) < 4.78 is 27.5. The minimum absolute atomic E-state index is 0.00622. The van der Waals surface area contributed by atoms with E-state index < -0.39 is 10.0 Å². The van der Waals surface area contributed by atoms with Crippen LogP contribution in [-0.4, -0.2) is 26.5 Å². The third kappa shape index (κ3) is 3.25. The van der Waals surface area contributed by atoms with Crippen LogP contribution in [-0.2, 0) is 10.0 Å². The summed E-state index contributed by atoms with van der Waals surface area (Å²) in [4.78, 5) is 3.99. The maximum Gasteiger partial charge on any atom is 0.260 e. The Kier molecular flexibility index (Phi) is 3.82. The third-order valence-electron chi connectivity index (χ3n) is 3.59. The zero-order valence-corrected chi connectivity index (χ0v) is 12.4. The second-order valence-corrected chi connectivity index (χ2v) is 7.46. The Morgan fingerprint density at radius 3 is 2.74 bits per heavy atom. The van der Waals surface area contributed by atoms with Crippen molar-refractivity contribution >= 4 is 15.7 Å². The molecule has 6 heteroatoms. The molecule has 2 rings (SSSR count). The number of nitrogens with one attached hydrogen (secondary N) is 2. The molecule has 0 saturated heterocycles. The summed E-state index contributed by atoms with van der Waals surface area (Å²) in [6.07, 6.45) is 4.29. The average Bonchev–Trinajstić information content (AvgIpc) is 2.67. The SMILES string of the molecule is CNc1cccnc1S(=O)(=O)NC1CCC(C)(C)C1. The smallest absolute Gasteiger partial charge is 0.260 e. The van der Waals surface area contributed by atoms with E-state index in [-0.39, 0.29) is 16.5 Å². The third-order valence-corrected chi connectivity index (χ3v) is 5.06. The van der Waals surface area contributed by atoms with Crippen molar-refractivity contribution in [2.24, 2.45) is 5.41 Å². The van der Waals surface area contributed by atoms with Gasteiger partial charge in [-0.3, -0.25) is 0 Å². The van der Waals surface area contributed by atoms with Crippen LogP contribution in [0.2, 0.25) is 0 Å². The summed E-state index contributed by atoms with van der Waals surface area (Å²) >= 11 is 0. The highest BCUT2D eigenvalue weighted by molar-refractivity contribution is 7.89. The summed E-state index contributed by atoms with van der Waals surface area (Å²) in [7, 11) is -1.87. The zero-order valence-electron chi connectivity index (χ0n) is 11.6. The second-order valence-electron chi connectivity index (χ2n) is 5.83. The lowest BCUT2D eigenvalue weighted by Crippen LogP contribution is -2.34. The van der Waals surface area contributed by atoms with Crippen LogP contribution in [0.4, 0.5) is 5.69 Å². The molecule has 1 aromatic heterocycles. The summed E-state index contributed by atoms with van der Waals surface area (Å²) in [5.74, 6) is 0. The van der Waals surface area contributed by atoms with E-state index in [2.05, 4.69) is 28.9 Å². The van der Waals surface area contributed by atoms with Gasteiger partial charge in [0.1, 0.15) is 0 Å². The van der Waals surface area contributed by atoms with Crippen molar-refractivity contribution < 1.29 is 8.42 Å². The Hall–Kier alpha value is -1.14. The van der Waals surface area contributed by atoms with Crippen LogP contribution in [0.3, 0.4) is 0 Å². The van der Waals surface area contributed by atoms with Gasteiger partial charge in [-0.05, 0) is 36.8 Å². The zero-order chi connectivity index (χ0) is 14.1. The Bertz CT molecular complexity index is 555. The first-order chi connectivity index (χ1) is 8.84. The number of hydrogen-bond donors (Lipinski definition) is 2. The molecule has 19 heavy (non-hydrogen) atoms. The van der Waals surface area contributed by atoms with E-state index in [1.807, 2.05) is 0 Å². The van der Waals surface area contributed by atoms with E-state index in [1.54, 1.807) is 19.2 Å². The summed E-state index contributed by atoms with van der Waals surface area (Å²) in [6, 6.07) is 3.43. The topological polar surface area (TPSA) is 71.1 Å². The first-order valence-corrected chi connectivity index (χ1v) is 7.97. The molecule has 0 radical (unpaired) electrons. The van der Waals surface area contributed by atoms with E-state index >= 15 is 0 Å². The first-order valence-electron chi connectivity index (χ1n) is 6.49. The van der Waals surface area contributed by atoms with Crippen LogP contribution in [0.5, 0.6) is 0 Å². The van der Waals surface area contributed by atoms with Crippen molar-refractivity contribution in [3.63, 3.8) is 0 Å². The molecule has 0 bridgehead atoms. The molecule has 1 saturated carbocycles. The standard InChI is InChI=1S/C13H21N3O2S/c1-13(2)7-6-10(9-13)16-19(17,18)12-11(14-3)5-4-8-15-12/h4-5,8,10,14,16H,6-7,9H2,1-3H3. The normalized spacial score (nSPS) is 22.4. The average molecular weight is 283 g/mol. The number of hydrogen-bond acceptors (Lipinski definition) is 4. The maximum absolute atomic E-state index is 12.4. The quantitative estimate of drug-likeness (QED) is 0.886. The van der Waals surface area contributed by atoms with Gasteiger partial charge in [-0.25, -0.2) is 18.1 Å². The summed E-state index contributed by atoms with van der Waals surface area (Å²) in [5.41, 5.74) is 0.732. The molecule has 0 amide bonds. The number of pyridine rings is 1. The molecule has 1 aromatic rings. The molecule has 0 aliphatic heterocycles. The van der Waals surface area contributed by atoms with Crippen LogP contribution in [0, 0.1) is 5.41 Å². The lowest BCUT2D eigenvalue weighted by molar-refractivity contribution is 0.372. The Morgan fingerprint density at radius 1 is 1.42 bits per heavy atom. The monoisotopic (exact) mass is 283 g/mol. The van der Waals surface area contributed by atoms with Gasteiger partial charge in [-0.15, -0.1) is 0 Å². The van der Waals surface area contributed by atoms with Crippen molar-refractivity contribution in [1.29, 1.82) is 0 Å². The molecular weight excluding hydrogens is 262 g/mol. The highest BCUT2D eigenvalue weighted by Gasteiger charge is 2.34. The van der Waals surface area contributed by atoms with E-state index in [4.69, 9.17) is 0 Å². The minimum Gasteiger partial charge on any atom is -0.386 e.